The van der Waals surface area contributed by atoms with Crippen LogP contribution in [-0.2, 0) is 4.74 Å². The highest BCUT2D eigenvalue weighted by molar-refractivity contribution is 6.03. The highest BCUT2D eigenvalue weighted by atomic mass is 16.5. The summed E-state index contributed by atoms with van der Waals surface area (Å²) < 4.78 is 4.65. The van der Waals surface area contributed by atoms with Crippen molar-refractivity contribution in [2.24, 2.45) is 0 Å². The molecule has 1 amide bonds. The Morgan fingerprint density at radius 1 is 1.04 bits per heavy atom. The second-order valence-electron chi connectivity index (χ2n) is 5.97. The normalized spacial score (nSPS) is 14.0. The van der Waals surface area contributed by atoms with E-state index in [1.54, 1.807) is 36.5 Å². The molecule has 1 fully saturated rings. The number of esters is 1. The van der Waals surface area contributed by atoms with Crippen molar-refractivity contribution in [2.45, 2.75) is 19.3 Å². The third kappa shape index (κ3) is 4.15. The number of carbonyl (C=O) groups excluding carboxylic acids is 2. The van der Waals surface area contributed by atoms with Gasteiger partial charge in [0.15, 0.2) is 0 Å². The largest absolute Gasteiger partial charge is 0.465 e. The second-order valence-corrected chi connectivity index (χ2v) is 5.97. The molecule has 0 bridgehead atoms. The maximum absolute atomic E-state index is 12.3. The Morgan fingerprint density at radius 2 is 1.76 bits per heavy atom. The van der Waals surface area contributed by atoms with Crippen LogP contribution in [0.15, 0.2) is 42.6 Å². The molecule has 130 valence electrons. The summed E-state index contributed by atoms with van der Waals surface area (Å²) in [4.78, 5) is 30.3. The van der Waals surface area contributed by atoms with E-state index in [2.05, 4.69) is 19.9 Å². The fraction of sp³-hybridized carbons (Fsp3) is 0.316. The van der Waals surface area contributed by atoms with Crippen LogP contribution in [0, 0.1) is 0 Å². The zero-order valence-corrected chi connectivity index (χ0v) is 14.2. The van der Waals surface area contributed by atoms with Gasteiger partial charge in [-0.1, -0.05) is 0 Å². The maximum atomic E-state index is 12.3. The summed E-state index contributed by atoms with van der Waals surface area (Å²) in [7, 11) is 1.33. The summed E-state index contributed by atoms with van der Waals surface area (Å²) in [6.07, 6.45) is 5.42. The van der Waals surface area contributed by atoms with Crippen molar-refractivity contribution in [3.63, 3.8) is 0 Å². The molecule has 1 saturated heterocycles. The molecule has 2 heterocycles. The van der Waals surface area contributed by atoms with Crippen molar-refractivity contribution >= 4 is 23.3 Å². The van der Waals surface area contributed by atoms with Crippen LogP contribution in [0.2, 0.25) is 0 Å². The fourth-order valence-electron chi connectivity index (χ4n) is 2.86. The number of hydrogen-bond donors (Lipinski definition) is 1. The van der Waals surface area contributed by atoms with Crippen LogP contribution in [0.25, 0.3) is 0 Å². The van der Waals surface area contributed by atoms with Crippen molar-refractivity contribution in [2.75, 3.05) is 30.4 Å². The number of methoxy groups -OCH3 is 1. The molecule has 0 unspecified atom stereocenters. The van der Waals surface area contributed by atoms with E-state index in [1.165, 1.54) is 26.4 Å². The molecule has 1 aromatic heterocycles. The van der Waals surface area contributed by atoms with Gasteiger partial charge in [0.2, 0.25) is 0 Å². The fourth-order valence-corrected chi connectivity index (χ4v) is 2.86. The number of amides is 1. The lowest BCUT2D eigenvalue weighted by molar-refractivity contribution is 0.0600. The third-order valence-corrected chi connectivity index (χ3v) is 4.27. The van der Waals surface area contributed by atoms with E-state index in [0.29, 0.717) is 16.9 Å². The van der Waals surface area contributed by atoms with E-state index in [0.717, 1.165) is 18.8 Å². The van der Waals surface area contributed by atoms with E-state index in [-0.39, 0.29) is 5.91 Å². The molecule has 1 N–H and O–H groups in total. The number of aromatic nitrogens is 1. The van der Waals surface area contributed by atoms with E-state index in [9.17, 15) is 9.59 Å². The molecule has 0 atom stereocenters. The number of rotatable bonds is 4. The monoisotopic (exact) mass is 339 g/mol. The van der Waals surface area contributed by atoms with Crippen LogP contribution >= 0.6 is 0 Å². The Morgan fingerprint density at radius 3 is 2.36 bits per heavy atom. The number of piperidine rings is 1. The van der Waals surface area contributed by atoms with Gasteiger partial charge in [0.25, 0.3) is 5.91 Å². The third-order valence-electron chi connectivity index (χ3n) is 4.27. The molecule has 0 aliphatic carbocycles. The lowest BCUT2D eigenvalue weighted by Gasteiger charge is -2.28. The zero-order valence-electron chi connectivity index (χ0n) is 14.2. The standard InChI is InChI=1S/C19H21N3O3/c1-25-19(24)14-5-7-15(8-6-14)21-18(23)17-10-9-16(13-20-17)22-11-3-2-4-12-22/h5-10,13H,2-4,11-12H2,1H3,(H,21,23). The summed E-state index contributed by atoms with van der Waals surface area (Å²) in [5.74, 6) is -0.691. The Labute approximate surface area is 146 Å². The number of benzene rings is 1. The number of nitrogens with zero attached hydrogens (tertiary/aromatic N) is 2. The number of hydrogen-bond acceptors (Lipinski definition) is 5. The molecule has 0 saturated carbocycles. The average Bonchev–Trinajstić information content (AvgIpc) is 2.68. The van der Waals surface area contributed by atoms with Crippen LogP contribution in [0.5, 0.6) is 0 Å². The predicted molar refractivity (Wildman–Crippen MR) is 96.0 cm³/mol. The number of nitrogens with one attached hydrogen (secondary N) is 1. The maximum Gasteiger partial charge on any atom is 0.337 e. The number of carbonyl (C=O) groups is 2. The quantitative estimate of drug-likeness (QED) is 0.867. The van der Waals surface area contributed by atoms with Crippen molar-refractivity contribution in [3.05, 3.63) is 53.9 Å². The highest BCUT2D eigenvalue weighted by Gasteiger charge is 2.13. The summed E-state index contributed by atoms with van der Waals surface area (Å²) in [6.45, 7) is 2.08. The van der Waals surface area contributed by atoms with Crippen molar-refractivity contribution in [1.29, 1.82) is 0 Å². The molecular weight excluding hydrogens is 318 g/mol. The van der Waals surface area contributed by atoms with Crippen LogP contribution in [0.3, 0.4) is 0 Å². The summed E-state index contributed by atoms with van der Waals surface area (Å²) in [5, 5.41) is 2.77. The predicted octanol–water partition coefficient (Wildman–Crippen LogP) is 3.11. The SMILES string of the molecule is COC(=O)c1ccc(NC(=O)c2ccc(N3CCCCC3)cn2)cc1. The molecule has 1 aliphatic rings. The number of pyridine rings is 1. The van der Waals surface area contributed by atoms with Crippen LogP contribution in [0.1, 0.15) is 40.1 Å². The Bertz CT molecular complexity index is 736. The zero-order chi connectivity index (χ0) is 17.6. The molecule has 2 aromatic rings. The van der Waals surface area contributed by atoms with Gasteiger partial charge in [-0.3, -0.25) is 4.79 Å². The van der Waals surface area contributed by atoms with Gasteiger partial charge in [-0.25, -0.2) is 9.78 Å². The van der Waals surface area contributed by atoms with E-state index in [1.807, 2.05) is 6.07 Å². The van der Waals surface area contributed by atoms with Gasteiger partial charge in [0.1, 0.15) is 5.69 Å². The number of ether oxygens (including phenoxy) is 1. The summed E-state index contributed by atoms with van der Waals surface area (Å²) >= 11 is 0. The highest BCUT2D eigenvalue weighted by Crippen LogP contribution is 2.19. The van der Waals surface area contributed by atoms with Crippen molar-refractivity contribution in [3.8, 4) is 0 Å². The van der Waals surface area contributed by atoms with E-state index < -0.39 is 5.97 Å². The van der Waals surface area contributed by atoms with E-state index >= 15 is 0 Å². The molecule has 3 rings (SSSR count). The molecule has 25 heavy (non-hydrogen) atoms. The molecule has 1 aliphatic heterocycles. The Balaban J connectivity index is 1.63. The molecule has 6 heteroatoms. The van der Waals surface area contributed by atoms with Gasteiger partial charge in [0.05, 0.1) is 24.6 Å². The topological polar surface area (TPSA) is 71.5 Å². The minimum atomic E-state index is -0.409. The Kier molecular flexibility index (Phi) is 5.28. The molecule has 6 nitrogen and oxygen atoms in total. The first-order valence-corrected chi connectivity index (χ1v) is 8.38. The Hall–Kier alpha value is -2.89. The minimum absolute atomic E-state index is 0.281. The average molecular weight is 339 g/mol. The van der Waals surface area contributed by atoms with Gasteiger partial charge >= 0.3 is 5.97 Å². The lowest BCUT2D eigenvalue weighted by Crippen LogP contribution is -2.29. The van der Waals surface area contributed by atoms with Crippen LogP contribution in [0.4, 0.5) is 11.4 Å². The van der Waals surface area contributed by atoms with Gasteiger partial charge in [0, 0.05) is 18.8 Å². The first kappa shape index (κ1) is 17.0. The van der Waals surface area contributed by atoms with Crippen LogP contribution in [-0.4, -0.2) is 37.1 Å². The minimum Gasteiger partial charge on any atom is -0.465 e. The van der Waals surface area contributed by atoms with Gasteiger partial charge in [-0.15, -0.1) is 0 Å². The lowest BCUT2D eigenvalue weighted by atomic mass is 10.1. The summed E-state index contributed by atoms with van der Waals surface area (Å²) in [5.41, 5.74) is 2.44. The smallest absolute Gasteiger partial charge is 0.337 e. The summed E-state index contributed by atoms with van der Waals surface area (Å²) in [6, 6.07) is 10.2. The molecule has 0 radical (unpaired) electrons. The van der Waals surface area contributed by atoms with Crippen molar-refractivity contribution in [1.82, 2.24) is 4.98 Å². The van der Waals surface area contributed by atoms with E-state index in [4.69, 9.17) is 0 Å². The second kappa shape index (κ2) is 7.79. The van der Waals surface area contributed by atoms with Gasteiger partial charge < -0.3 is 15.0 Å². The van der Waals surface area contributed by atoms with Gasteiger partial charge in [-0.05, 0) is 55.7 Å². The van der Waals surface area contributed by atoms with Crippen LogP contribution < -0.4 is 10.2 Å². The molecular formula is C19H21N3O3. The molecule has 1 aromatic carbocycles. The first-order valence-electron chi connectivity index (χ1n) is 8.38. The number of anilines is 2. The van der Waals surface area contributed by atoms with Gasteiger partial charge in [-0.2, -0.15) is 0 Å². The molecule has 0 spiro atoms. The first-order chi connectivity index (χ1) is 12.2. The van der Waals surface area contributed by atoms with Crippen molar-refractivity contribution < 1.29 is 14.3 Å².